The number of hydrogen-bond donors (Lipinski definition) is 0. The lowest BCUT2D eigenvalue weighted by Gasteiger charge is -2.26. The molecule has 2 heteroatoms. The van der Waals surface area contributed by atoms with E-state index in [9.17, 15) is 0 Å². The first-order valence-electron chi connectivity index (χ1n) is 5.01. The molecule has 0 radical (unpaired) electrons. The van der Waals surface area contributed by atoms with Gasteiger partial charge < -0.3 is 4.57 Å². The molecule has 2 rings (SSSR count). The monoisotopic (exact) mass is 195 g/mol. The average Bonchev–Trinajstić information content (AvgIpc) is 2.48. The Labute approximate surface area is 84.5 Å². The van der Waals surface area contributed by atoms with Crippen molar-refractivity contribution < 1.29 is 0 Å². The van der Waals surface area contributed by atoms with Crippen molar-refractivity contribution >= 4 is 11.8 Å². The fraction of sp³-hybridized carbons (Fsp3) is 0.636. The molecule has 0 unspecified atom stereocenters. The maximum Gasteiger partial charge on any atom is 0.0351 e. The highest BCUT2D eigenvalue weighted by Crippen LogP contribution is 2.29. The third-order valence-electron chi connectivity index (χ3n) is 2.88. The summed E-state index contributed by atoms with van der Waals surface area (Å²) in [6, 6.07) is 5.24. The lowest BCUT2D eigenvalue weighted by atomic mass is 10.1. The molecule has 1 aliphatic rings. The van der Waals surface area contributed by atoms with E-state index in [-0.39, 0.29) is 0 Å². The van der Waals surface area contributed by atoms with Crippen molar-refractivity contribution in [2.75, 3.05) is 11.5 Å². The second-order valence-corrected chi connectivity index (χ2v) is 5.05. The van der Waals surface area contributed by atoms with Crippen LogP contribution in [0.5, 0.6) is 0 Å². The SMILES string of the molecule is Cc1ccc(C)n1C1CCSCC1. The molecule has 2 heterocycles. The zero-order chi connectivity index (χ0) is 9.26. The summed E-state index contributed by atoms with van der Waals surface area (Å²) in [6.07, 6.45) is 2.70. The summed E-state index contributed by atoms with van der Waals surface area (Å²) < 4.78 is 2.51. The molecule has 0 atom stereocenters. The zero-order valence-corrected chi connectivity index (χ0v) is 9.23. The van der Waals surface area contributed by atoms with E-state index < -0.39 is 0 Å². The van der Waals surface area contributed by atoms with Crippen LogP contribution in [0.4, 0.5) is 0 Å². The molecule has 1 saturated heterocycles. The molecule has 1 nitrogen and oxygen atoms in total. The van der Waals surface area contributed by atoms with Gasteiger partial charge in [0, 0.05) is 17.4 Å². The lowest BCUT2D eigenvalue weighted by molar-refractivity contribution is 0.455. The average molecular weight is 195 g/mol. The van der Waals surface area contributed by atoms with E-state index in [1.807, 2.05) is 0 Å². The second kappa shape index (κ2) is 3.79. The molecule has 0 aromatic carbocycles. The Bertz CT molecular complexity index is 265. The first-order chi connectivity index (χ1) is 6.29. The highest BCUT2D eigenvalue weighted by atomic mass is 32.2. The minimum absolute atomic E-state index is 0.774. The maximum absolute atomic E-state index is 2.51. The summed E-state index contributed by atoms with van der Waals surface area (Å²) in [6.45, 7) is 4.43. The smallest absolute Gasteiger partial charge is 0.0351 e. The van der Waals surface area contributed by atoms with Gasteiger partial charge in [-0.2, -0.15) is 11.8 Å². The molecule has 0 N–H and O–H groups in total. The molecule has 0 saturated carbocycles. The molecule has 1 aromatic rings. The van der Waals surface area contributed by atoms with E-state index in [1.165, 1.54) is 35.7 Å². The van der Waals surface area contributed by atoms with Gasteiger partial charge >= 0.3 is 0 Å². The number of hydrogen-bond acceptors (Lipinski definition) is 1. The third-order valence-corrected chi connectivity index (χ3v) is 3.93. The van der Waals surface area contributed by atoms with Gasteiger partial charge in [-0.05, 0) is 50.3 Å². The van der Waals surface area contributed by atoms with Crippen molar-refractivity contribution in [1.29, 1.82) is 0 Å². The Balaban J connectivity index is 2.22. The van der Waals surface area contributed by atoms with Gasteiger partial charge in [0.1, 0.15) is 0 Å². The minimum atomic E-state index is 0.774. The molecular weight excluding hydrogens is 178 g/mol. The van der Waals surface area contributed by atoms with E-state index in [2.05, 4.69) is 42.3 Å². The number of rotatable bonds is 1. The number of aryl methyl sites for hydroxylation is 2. The van der Waals surface area contributed by atoms with Gasteiger partial charge in [-0.25, -0.2) is 0 Å². The second-order valence-electron chi connectivity index (χ2n) is 3.83. The molecule has 0 spiro atoms. The van der Waals surface area contributed by atoms with Gasteiger partial charge in [-0.3, -0.25) is 0 Å². The number of nitrogens with zero attached hydrogens (tertiary/aromatic N) is 1. The van der Waals surface area contributed by atoms with Crippen LogP contribution in [-0.4, -0.2) is 16.1 Å². The summed E-state index contributed by atoms with van der Waals surface area (Å²) >= 11 is 2.09. The Morgan fingerprint density at radius 1 is 1.15 bits per heavy atom. The third kappa shape index (κ3) is 1.78. The van der Waals surface area contributed by atoms with Crippen molar-refractivity contribution in [3.05, 3.63) is 23.5 Å². The Morgan fingerprint density at radius 3 is 2.23 bits per heavy atom. The molecule has 1 aromatic heterocycles. The molecule has 1 aliphatic heterocycles. The zero-order valence-electron chi connectivity index (χ0n) is 8.42. The van der Waals surface area contributed by atoms with Crippen LogP contribution >= 0.6 is 11.8 Å². The van der Waals surface area contributed by atoms with Crippen molar-refractivity contribution in [2.24, 2.45) is 0 Å². The van der Waals surface area contributed by atoms with Crippen molar-refractivity contribution in [1.82, 2.24) is 4.57 Å². The van der Waals surface area contributed by atoms with Crippen LogP contribution in [0.2, 0.25) is 0 Å². The molecule has 0 aliphatic carbocycles. The largest absolute Gasteiger partial charge is 0.346 e. The fourth-order valence-electron chi connectivity index (χ4n) is 2.20. The van der Waals surface area contributed by atoms with Gasteiger partial charge in [-0.15, -0.1) is 0 Å². The predicted molar refractivity (Wildman–Crippen MR) is 59.5 cm³/mol. The van der Waals surface area contributed by atoms with Crippen LogP contribution in [-0.2, 0) is 0 Å². The van der Waals surface area contributed by atoms with Crippen LogP contribution in [0.15, 0.2) is 12.1 Å². The van der Waals surface area contributed by atoms with E-state index in [1.54, 1.807) is 0 Å². The Hall–Kier alpha value is -0.370. The lowest BCUT2D eigenvalue weighted by Crippen LogP contribution is -2.17. The molecule has 1 fully saturated rings. The molecule has 72 valence electrons. The molecule has 0 bridgehead atoms. The summed E-state index contributed by atoms with van der Waals surface area (Å²) in [5, 5.41) is 0. The van der Waals surface area contributed by atoms with Gasteiger partial charge in [0.05, 0.1) is 0 Å². The minimum Gasteiger partial charge on any atom is -0.346 e. The number of thioether (sulfide) groups is 1. The van der Waals surface area contributed by atoms with Crippen molar-refractivity contribution in [2.45, 2.75) is 32.7 Å². The van der Waals surface area contributed by atoms with Crippen LogP contribution in [0.3, 0.4) is 0 Å². The highest BCUT2D eigenvalue weighted by Gasteiger charge is 2.17. The van der Waals surface area contributed by atoms with Crippen LogP contribution in [0.25, 0.3) is 0 Å². The molecular formula is C11H17NS. The highest BCUT2D eigenvalue weighted by molar-refractivity contribution is 7.99. The van der Waals surface area contributed by atoms with Gasteiger partial charge in [0.2, 0.25) is 0 Å². The Kier molecular flexibility index (Phi) is 2.68. The maximum atomic E-state index is 2.51. The molecule has 13 heavy (non-hydrogen) atoms. The Morgan fingerprint density at radius 2 is 1.69 bits per heavy atom. The van der Waals surface area contributed by atoms with E-state index >= 15 is 0 Å². The van der Waals surface area contributed by atoms with Crippen LogP contribution in [0.1, 0.15) is 30.3 Å². The normalized spacial score (nSPS) is 19.2. The number of aromatic nitrogens is 1. The predicted octanol–water partition coefficient (Wildman–Crippen LogP) is 3.17. The summed E-state index contributed by atoms with van der Waals surface area (Å²) in [4.78, 5) is 0. The van der Waals surface area contributed by atoms with Gasteiger partial charge in [0.25, 0.3) is 0 Å². The quantitative estimate of drug-likeness (QED) is 0.666. The summed E-state index contributed by atoms with van der Waals surface area (Å²) in [7, 11) is 0. The van der Waals surface area contributed by atoms with Gasteiger partial charge in [0.15, 0.2) is 0 Å². The first-order valence-corrected chi connectivity index (χ1v) is 6.16. The summed E-state index contributed by atoms with van der Waals surface area (Å²) in [5.74, 6) is 2.67. The van der Waals surface area contributed by atoms with Crippen LogP contribution in [0, 0.1) is 13.8 Å². The van der Waals surface area contributed by atoms with E-state index in [4.69, 9.17) is 0 Å². The van der Waals surface area contributed by atoms with Crippen molar-refractivity contribution in [3.63, 3.8) is 0 Å². The molecule has 0 amide bonds. The standard InChI is InChI=1S/C11H17NS/c1-9-3-4-10(2)12(9)11-5-7-13-8-6-11/h3-4,11H,5-8H2,1-2H3. The topological polar surface area (TPSA) is 4.93 Å². The fourth-order valence-corrected chi connectivity index (χ4v) is 3.28. The van der Waals surface area contributed by atoms with Crippen molar-refractivity contribution in [3.8, 4) is 0 Å². The van der Waals surface area contributed by atoms with E-state index in [0.717, 1.165) is 6.04 Å². The summed E-state index contributed by atoms with van der Waals surface area (Å²) in [5.41, 5.74) is 2.85. The van der Waals surface area contributed by atoms with Gasteiger partial charge in [-0.1, -0.05) is 0 Å². The van der Waals surface area contributed by atoms with E-state index in [0.29, 0.717) is 0 Å². The van der Waals surface area contributed by atoms with Crippen LogP contribution < -0.4 is 0 Å². The first kappa shape index (κ1) is 9.20.